The number of amides is 1. The van der Waals surface area contributed by atoms with Gasteiger partial charge < -0.3 is 5.32 Å². The molecule has 0 atom stereocenters. The fraction of sp³-hybridized carbons (Fsp3) is 0.0714. The Bertz CT molecular complexity index is 817. The predicted octanol–water partition coefficient (Wildman–Crippen LogP) is 0.819. The van der Waals surface area contributed by atoms with Crippen molar-refractivity contribution in [2.45, 2.75) is 6.92 Å². The molecular weight excluding hydrogens is 288 g/mol. The van der Waals surface area contributed by atoms with Crippen LogP contribution in [-0.2, 0) is 4.79 Å². The minimum atomic E-state index is -0.341. The summed E-state index contributed by atoms with van der Waals surface area (Å²) >= 11 is 4.86. The number of carbonyl (C=O) groups excluding carboxylic acids is 1. The van der Waals surface area contributed by atoms with Gasteiger partial charge in [0.25, 0.3) is 11.5 Å². The number of hydrogen-bond acceptors (Lipinski definition) is 3. The molecule has 106 valence electrons. The van der Waals surface area contributed by atoms with Crippen LogP contribution in [0.15, 0.2) is 40.8 Å². The minimum Gasteiger partial charge on any atom is -0.328 e. The highest BCUT2D eigenvalue weighted by Crippen LogP contribution is 2.11. The van der Waals surface area contributed by atoms with E-state index in [9.17, 15) is 9.59 Å². The molecule has 1 aromatic carbocycles. The van der Waals surface area contributed by atoms with Gasteiger partial charge in [-0.3, -0.25) is 20.0 Å². The molecule has 1 aromatic heterocycles. The predicted molar refractivity (Wildman–Crippen MR) is 83.0 cm³/mol. The Balaban J connectivity index is 2.08. The second kappa shape index (κ2) is 5.02. The maximum atomic E-state index is 12.5. The molecule has 1 aliphatic heterocycles. The first-order valence-electron chi connectivity index (χ1n) is 6.27. The summed E-state index contributed by atoms with van der Waals surface area (Å²) in [6.45, 7) is 1.78. The van der Waals surface area contributed by atoms with Crippen LogP contribution >= 0.6 is 12.2 Å². The van der Waals surface area contributed by atoms with Gasteiger partial charge in [0.05, 0.1) is 11.3 Å². The molecule has 0 bridgehead atoms. The smallest absolute Gasteiger partial charge is 0.278 e. The molecular formula is C14H12N4O2S. The van der Waals surface area contributed by atoms with E-state index in [2.05, 4.69) is 15.7 Å². The second-order valence-electron chi connectivity index (χ2n) is 4.59. The summed E-state index contributed by atoms with van der Waals surface area (Å²) in [4.78, 5) is 24.1. The Morgan fingerprint density at radius 2 is 1.86 bits per heavy atom. The number of thiocarbonyl (C=S) groups is 1. The first kappa shape index (κ1) is 13.3. The Morgan fingerprint density at radius 3 is 2.48 bits per heavy atom. The van der Waals surface area contributed by atoms with E-state index >= 15 is 0 Å². The van der Waals surface area contributed by atoms with Gasteiger partial charge in [0.15, 0.2) is 5.11 Å². The van der Waals surface area contributed by atoms with Crippen molar-refractivity contribution >= 4 is 29.3 Å². The molecule has 21 heavy (non-hydrogen) atoms. The summed E-state index contributed by atoms with van der Waals surface area (Å²) < 4.78 is 1.44. The first-order chi connectivity index (χ1) is 10.1. The number of carbonyl (C=O) groups is 1. The topological polar surface area (TPSA) is 78.9 Å². The highest BCUT2D eigenvalue weighted by molar-refractivity contribution is 7.80. The molecule has 1 fully saturated rings. The number of H-pyrrole nitrogens is 1. The minimum absolute atomic E-state index is 0.224. The van der Waals surface area contributed by atoms with E-state index in [0.717, 1.165) is 5.69 Å². The number of aromatic nitrogens is 2. The summed E-state index contributed by atoms with van der Waals surface area (Å²) in [5.41, 5.74) is 1.86. The van der Waals surface area contributed by atoms with Crippen molar-refractivity contribution < 1.29 is 4.79 Å². The van der Waals surface area contributed by atoms with Crippen LogP contribution in [0.3, 0.4) is 0 Å². The molecule has 2 heterocycles. The summed E-state index contributed by atoms with van der Waals surface area (Å²) in [5.74, 6) is -0.341. The fourth-order valence-corrected chi connectivity index (χ4v) is 2.32. The Hall–Kier alpha value is -2.67. The zero-order valence-corrected chi connectivity index (χ0v) is 12.0. The van der Waals surface area contributed by atoms with Gasteiger partial charge >= 0.3 is 0 Å². The largest absolute Gasteiger partial charge is 0.328 e. The third-order valence-corrected chi connectivity index (χ3v) is 3.34. The lowest BCUT2D eigenvalue weighted by Crippen LogP contribution is -2.21. The standard InChI is InChI=1S/C14H12N4O2S/c1-8-10(7-11-12(19)16-14(21)15-11)13(20)18(17-8)9-5-3-2-4-6-9/h2-7,17H,1H3,(H2,15,16,19,21)/b11-7-. The van der Waals surface area contributed by atoms with Crippen LogP contribution in [0, 0.1) is 6.92 Å². The molecule has 1 aliphatic rings. The zero-order chi connectivity index (χ0) is 15.0. The van der Waals surface area contributed by atoms with Crippen molar-refractivity contribution in [2.24, 2.45) is 0 Å². The molecule has 0 unspecified atom stereocenters. The molecule has 1 saturated heterocycles. The molecule has 0 radical (unpaired) electrons. The third-order valence-electron chi connectivity index (χ3n) is 3.14. The maximum absolute atomic E-state index is 12.5. The van der Waals surface area contributed by atoms with E-state index < -0.39 is 0 Å². The second-order valence-corrected chi connectivity index (χ2v) is 5.00. The quantitative estimate of drug-likeness (QED) is 0.567. The van der Waals surface area contributed by atoms with Gasteiger partial charge in [0, 0.05) is 5.69 Å². The van der Waals surface area contributed by atoms with Crippen molar-refractivity contribution in [3.05, 3.63) is 57.6 Å². The van der Waals surface area contributed by atoms with Crippen LogP contribution in [-0.4, -0.2) is 20.8 Å². The van der Waals surface area contributed by atoms with Gasteiger partial charge in [-0.2, -0.15) is 0 Å². The molecule has 7 heteroatoms. The van der Waals surface area contributed by atoms with Gasteiger partial charge in [-0.05, 0) is 37.4 Å². The van der Waals surface area contributed by atoms with E-state index in [1.54, 1.807) is 6.92 Å². The molecule has 0 saturated carbocycles. The SMILES string of the molecule is Cc1[nH]n(-c2ccccc2)c(=O)c1/C=C1\NC(=S)NC1=O. The molecule has 3 N–H and O–H groups in total. The number of rotatable bonds is 2. The zero-order valence-electron chi connectivity index (χ0n) is 11.1. The van der Waals surface area contributed by atoms with Gasteiger partial charge in [-0.15, -0.1) is 0 Å². The van der Waals surface area contributed by atoms with Crippen LogP contribution < -0.4 is 16.2 Å². The summed E-state index contributed by atoms with van der Waals surface area (Å²) in [6, 6.07) is 9.22. The van der Waals surface area contributed by atoms with E-state index in [4.69, 9.17) is 12.2 Å². The molecule has 3 rings (SSSR count). The van der Waals surface area contributed by atoms with Crippen molar-refractivity contribution in [3.8, 4) is 5.69 Å². The highest BCUT2D eigenvalue weighted by atomic mass is 32.1. The van der Waals surface area contributed by atoms with Crippen LogP contribution in [0.4, 0.5) is 0 Å². The van der Waals surface area contributed by atoms with E-state index in [1.807, 2.05) is 30.3 Å². The van der Waals surface area contributed by atoms with Gasteiger partial charge in [-0.1, -0.05) is 18.2 Å². The van der Waals surface area contributed by atoms with Crippen LogP contribution in [0.2, 0.25) is 0 Å². The van der Waals surface area contributed by atoms with E-state index in [1.165, 1.54) is 10.8 Å². The van der Waals surface area contributed by atoms with Crippen molar-refractivity contribution in [1.82, 2.24) is 20.4 Å². The van der Waals surface area contributed by atoms with Crippen LogP contribution in [0.25, 0.3) is 11.8 Å². The molecule has 1 amide bonds. The number of nitrogens with zero attached hydrogens (tertiary/aromatic N) is 1. The van der Waals surface area contributed by atoms with Crippen molar-refractivity contribution in [1.29, 1.82) is 0 Å². The summed E-state index contributed by atoms with van der Waals surface area (Å²) in [6.07, 6.45) is 1.50. The first-order valence-corrected chi connectivity index (χ1v) is 6.68. The summed E-state index contributed by atoms with van der Waals surface area (Å²) in [7, 11) is 0. The number of para-hydroxylation sites is 1. The normalized spacial score (nSPS) is 16.1. The fourth-order valence-electron chi connectivity index (χ4n) is 2.12. The lowest BCUT2D eigenvalue weighted by Gasteiger charge is -1.99. The number of aryl methyl sites for hydroxylation is 1. The number of aromatic amines is 1. The van der Waals surface area contributed by atoms with E-state index in [0.29, 0.717) is 11.3 Å². The average molecular weight is 300 g/mol. The average Bonchev–Trinajstić information content (AvgIpc) is 2.93. The van der Waals surface area contributed by atoms with Gasteiger partial charge in [-0.25, -0.2) is 4.68 Å². The highest BCUT2D eigenvalue weighted by Gasteiger charge is 2.21. The maximum Gasteiger partial charge on any atom is 0.278 e. The molecule has 0 spiro atoms. The van der Waals surface area contributed by atoms with Gasteiger partial charge in [0.1, 0.15) is 5.70 Å². The van der Waals surface area contributed by atoms with E-state index in [-0.39, 0.29) is 22.3 Å². The van der Waals surface area contributed by atoms with Crippen molar-refractivity contribution in [3.63, 3.8) is 0 Å². The van der Waals surface area contributed by atoms with Gasteiger partial charge in [0.2, 0.25) is 0 Å². The van der Waals surface area contributed by atoms with Crippen molar-refractivity contribution in [2.75, 3.05) is 0 Å². The number of hydrogen-bond donors (Lipinski definition) is 3. The van der Waals surface area contributed by atoms with Crippen LogP contribution in [0.5, 0.6) is 0 Å². The van der Waals surface area contributed by atoms with Crippen LogP contribution in [0.1, 0.15) is 11.3 Å². The summed E-state index contributed by atoms with van der Waals surface area (Å²) in [5, 5.41) is 8.42. The lowest BCUT2D eigenvalue weighted by atomic mass is 10.2. The Morgan fingerprint density at radius 1 is 1.14 bits per heavy atom. The molecule has 2 aromatic rings. The third kappa shape index (κ3) is 2.38. The lowest BCUT2D eigenvalue weighted by molar-refractivity contribution is -0.115. The number of benzene rings is 1. The monoisotopic (exact) mass is 300 g/mol. The molecule has 6 nitrogen and oxygen atoms in total. The Kier molecular flexibility index (Phi) is 3.19. The number of nitrogens with one attached hydrogen (secondary N) is 3. The Labute approximate surface area is 125 Å². The molecule has 0 aliphatic carbocycles.